The zero-order valence-corrected chi connectivity index (χ0v) is 12.0. The van der Waals surface area contributed by atoms with E-state index in [9.17, 15) is 9.59 Å². The van der Waals surface area contributed by atoms with Crippen LogP contribution in [-0.4, -0.2) is 15.9 Å². The highest BCUT2D eigenvalue weighted by Crippen LogP contribution is 2.16. The van der Waals surface area contributed by atoms with Crippen molar-refractivity contribution in [2.24, 2.45) is 0 Å². The second-order valence-electron chi connectivity index (χ2n) is 5.07. The average molecular weight is 293 g/mol. The number of benzene rings is 1. The van der Waals surface area contributed by atoms with Crippen molar-refractivity contribution in [3.8, 4) is 0 Å². The number of fused-ring (bicyclic) bond motifs is 1. The molecule has 110 valence electrons. The lowest BCUT2D eigenvalue weighted by atomic mass is 10.1. The predicted molar refractivity (Wildman–Crippen MR) is 84.7 cm³/mol. The van der Waals surface area contributed by atoms with Crippen molar-refractivity contribution in [1.29, 1.82) is 0 Å². The summed E-state index contributed by atoms with van der Waals surface area (Å²) in [6.45, 7) is 1.89. The Morgan fingerprint density at radius 3 is 2.68 bits per heavy atom. The molecule has 2 aromatic heterocycles. The van der Waals surface area contributed by atoms with Gasteiger partial charge in [-0.25, -0.2) is 0 Å². The molecule has 0 saturated carbocycles. The molecule has 5 nitrogen and oxygen atoms in total. The Hall–Kier alpha value is -2.95. The Bertz CT molecular complexity index is 872. The number of pyridine rings is 2. The summed E-state index contributed by atoms with van der Waals surface area (Å²) in [5, 5.41) is 3.64. The normalized spacial score (nSPS) is 12.0. The van der Waals surface area contributed by atoms with E-state index in [2.05, 4.69) is 15.3 Å². The molecule has 2 heterocycles. The van der Waals surface area contributed by atoms with Gasteiger partial charge in [0.2, 0.25) is 5.56 Å². The summed E-state index contributed by atoms with van der Waals surface area (Å²) in [5.41, 5.74) is 1.69. The first-order valence-corrected chi connectivity index (χ1v) is 6.98. The number of hydrogen-bond donors (Lipinski definition) is 2. The van der Waals surface area contributed by atoms with Crippen LogP contribution in [0.25, 0.3) is 10.9 Å². The highest BCUT2D eigenvalue weighted by Gasteiger charge is 2.14. The minimum absolute atomic E-state index is 0.173. The molecule has 0 saturated heterocycles. The van der Waals surface area contributed by atoms with Crippen LogP contribution in [0.1, 0.15) is 28.9 Å². The number of carbonyl (C=O) groups excluding carboxylic acids is 1. The maximum atomic E-state index is 12.5. The van der Waals surface area contributed by atoms with Crippen LogP contribution in [0.5, 0.6) is 0 Å². The van der Waals surface area contributed by atoms with Crippen LogP contribution in [0.3, 0.4) is 0 Å². The number of rotatable bonds is 3. The van der Waals surface area contributed by atoms with Gasteiger partial charge < -0.3 is 10.3 Å². The van der Waals surface area contributed by atoms with Gasteiger partial charge in [0.1, 0.15) is 0 Å². The van der Waals surface area contributed by atoms with Gasteiger partial charge in [-0.05, 0) is 30.7 Å². The number of amides is 1. The smallest absolute Gasteiger partial charge is 0.252 e. The second kappa shape index (κ2) is 5.81. The van der Waals surface area contributed by atoms with Crippen LogP contribution in [0.4, 0.5) is 0 Å². The van der Waals surface area contributed by atoms with Crippen molar-refractivity contribution in [1.82, 2.24) is 15.3 Å². The fraction of sp³-hybridized carbons (Fsp3) is 0.118. The largest absolute Gasteiger partial charge is 0.345 e. The molecule has 1 amide bonds. The lowest BCUT2D eigenvalue weighted by Gasteiger charge is -2.15. The molecule has 1 aromatic carbocycles. The van der Waals surface area contributed by atoms with Crippen molar-refractivity contribution >= 4 is 16.8 Å². The van der Waals surface area contributed by atoms with Gasteiger partial charge in [-0.2, -0.15) is 0 Å². The molecule has 0 radical (unpaired) electrons. The number of nitrogens with zero attached hydrogens (tertiary/aromatic N) is 1. The maximum Gasteiger partial charge on any atom is 0.252 e. The molecule has 0 fully saturated rings. The number of aromatic nitrogens is 2. The number of H-pyrrole nitrogens is 1. The topological polar surface area (TPSA) is 74.8 Å². The summed E-state index contributed by atoms with van der Waals surface area (Å²) in [7, 11) is 0. The highest BCUT2D eigenvalue weighted by molar-refractivity contribution is 6.06. The maximum absolute atomic E-state index is 12.5. The van der Waals surface area contributed by atoms with Gasteiger partial charge in [-0.3, -0.25) is 14.6 Å². The van der Waals surface area contributed by atoms with E-state index in [1.165, 1.54) is 6.07 Å². The van der Waals surface area contributed by atoms with Crippen LogP contribution in [0.2, 0.25) is 0 Å². The molecule has 0 aliphatic rings. The third-order valence-electron chi connectivity index (χ3n) is 3.55. The Kier molecular flexibility index (Phi) is 3.70. The number of carbonyl (C=O) groups is 1. The summed E-state index contributed by atoms with van der Waals surface area (Å²) in [4.78, 5) is 30.9. The SMILES string of the molecule is CC(NC(=O)c1cc(=O)[nH]c2ccccc12)c1ccncc1. The van der Waals surface area contributed by atoms with Crippen LogP contribution < -0.4 is 10.9 Å². The molecule has 0 aliphatic heterocycles. The van der Waals surface area contributed by atoms with E-state index in [4.69, 9.17) is 0 Å². The van der Waals surface area contributed by atoms with Crippen molar-refractivity contribution < 1.29 is 4.79 Å². The fourth-order valence-electron chi connectivity index (χ4n) is 2.40. The number of aromatic amines is 1. The monoisotopic (exact) mass is 293 g/mol. The number of para-hydroxylation sites is 1. The van der Waals surface area contributed by atoms with Gasteiger partial charge in [0.25, 0.3) is 5.91 Å². The fourth-order valence-corrected chi connectivity index (χ4v) is 2.40. The lowest BCUT2D eigenvalue weighted by molar-refractivity contribution is 0.0941. The molecule has 0 bridgehead atoms. The van der Waals surface area contributed by atoms with Crippen LogP contribution in [0, 0.1) is 0 Å². The Morgan fingerprint density at radius 2 is 1.91 bits per heavy atom. The van der Waals surface area contributed by atoms with E-state index in [0.29, 0.717) is 11.1 Å². The molecule has 0 spiro atoms. The zero-order chi connectivity index (χ0) is 15.5. The molecular formula is C17H15N3O2. The van der Waals surface area contributed by atoms with E-state index in [1.807, 2.05) is 37.3 Å². The van der Waals surface area contributed by atoms with Crippen molar-refractivity contribution in [3.05, 3.63) is 76.3 Å². The van der Waals surface area contributed by atoms with Gasteiger partial charge in [0, 0.05) is 29.4 Å². The van der Waals surface area contributed by atoms with Gasteiger partial charge in [-0.1, -0.05) is 18.2 Å². The minimum atomic E-state index is -0.291. The third kappa shape index (κ3) is 2.74. The van der Waals surface area contributed by atoms with Crippen LogP contribution in [0.15, 0.2) is 59.7 Å². The first-order valence-electron chi connectivity index (χ1n) is 6.98. The molecular weight excluding hydrogens is 278 g/mol. The average Bonchev–Trinajstić information content (AvgIpc) is 2.54. The van der Waals surface area contributed by atoms with Crippen LogP contribution in [-0.2, 0) is 0 Å². The van der Waals surface area contributed by atoms with E-state index in [0.717, 1.165) is 10.9 Å². The van der Waals surface area contributed by atoms with Crippen molar-refractivity contribution in [2.75, 3.05) is 0 Å². The Balaban J connectivity index is 1.94. The first-order chi connectivity index (χ1) is 10.6. The van der Waals surface area contributed by atoms with E-state index >= 15 is 0 Å². The van der Waals surface area contributed by atoms with E-state index in [1.54, 1.807) is 18.5 Å². The number of hydrogen-bond acceptors (Lipinski definition) is 3. The predicted octanol–water partition coefficient (Wildman–Crippen LogP) is 2.41. The lowest BCUT2D eigenvalue weighted by Crippen LogP contribution is -2.28. The summed E-state index contributed by atoms with van der Waals surface area (Å²) in [6, 6.07) is 12.1. The molecule has 3 rings (SSSR count). The van der Waals surface area contributed by atoms with Gasteiger partial charge in [-0.15, -0.1) is 0 Å². The molecule has 3 aromatic rings. The van der Waals surface area contributed by atoms with Gasteiger partial charge >= 0.3 is 0 Å². The van der Waals surface area contributed by atoms with Crippen molar-refractivity contribution in [2.45, 2.75) is 13.0 Å². The molecule has 1 unspecified atom stereocenters. The quantitative estimate of drug-likeness (QED) is 0.778. The Morgan fingerprint density at radius 1 is 1.18 bits per heavy atom. The molecule has 0 aliphatic carbocycles. The summed E-state index contributed by atoms with van der Waals surface area (Å²) in [5.74, 6) is -0.272. The second-order valence-corrected chi connectivity index (χ2v) is 5.07. The molecule has 2 N–H and O–H groups in total. The molecule has 1 atom stereocenters. The molecule has 22 heavy (non-hydrogen) atoms. The Labute approximate surface area is 127 Å². The van der Waals surface area contributed by atoms with E-state index < -0.39 is 0 Å². The molecule has 5 heteroatoms. The van der Waals surface area contributed by atoms with Gasteiger partial charge in [0.05, 0.1) is 11.6 Å². The van der Waals surface area contributed by atoms with Gasteiger partial charge in [0.15, 0.2) is 0 Å². The summed E-state index contributed by atoms with van der Waals surface area (Å²) in [6.07, 6.45) is 3.36. The highest BCUT2D eigenvalue weighted by atomic mass is 16.2. The third-order valence-corrected chi connectivity index (χ3v) is 3.55. The minimum Gasteiger partial charge on any atom is -0.345 e. The first kappa shape index (κ1) is 14.0. The number of nitrogens with one attached hydrogen (secondary N) is 2. The zero-order valence-electron chi connectivity index (χ0n) is 12.0. The van der Waals surface area contributed by atoms with Crippen LogP contribution >= 0.6 is 0 Å². The van der Waals surface area contributed by atoms with Crippen molar-refractivity contribution in [3.63, 3.8) is 0 Å². The standard InChI is InChI=1S/C17H15N3O2/c1-11(12-6-8-18-9-7-12)19-17(22)14-10-16(21)20-15-5-3-2-4-13(14)15/h2-11H,1H3,(H,19,22)(H,20,21). The van der Waals surface area contributed by atoms with E-state index in [-0.39, 0.29) is 17.5 Å². The summed E-state index contributed by atoms with van der Waals surface area (Å²) < 4.78 is 0. The summed E-state index contributed by atoms with van der Waals surface area (Å²) >= 11 is 0.